The molecule has 0 aliphatic carbocycles. The fourth-order valence-electron chi connectivity index (χ4n) is 2.58. The van der Waals surface area contributed by atoms with Gasteiger partial charge >= 0.3 is 0 Å². The zero-order chi connectivity index (χ0) is 12.0. The maximum Gasteiger partial charge on any atom is 0.0448 e. The van der Waals surface area contributed by atoms with E-state index >= 15 is 0 Å². The first kappa shape index (κ1) is 13.5. The molecule has 89 valence electrons. The minimum absolute atomic E-state index is 0.154. The Balaban J connectivity index is 2.58. The molecule has 1 aromatic carbocycles. The van der Waals surface area contributed by atoms with Gasteiger partial charge in [0.2, 0.25) is 0 Å². The first-order chi connectivity index (χ1) is 7.65. The van der Waals surface area contributed by atoms with E-state index in [9.17, 15) is 0 Å². The summed E-state index contributed by atoms with van der Waals surface area (Å²) >= 11 is 0. The predicted molar refractivity (Wildman–Crippen MR) is 75.5 cm³/mol. The van der Waals surface area contributed by atoms with Crippen molar-refractivity contribution in [2.45, 2.75) is 51.7 Å². The molecule has 1 radical (unpaired) electrons. The summed E-state index contributed by atoms with van der Waals surface area (Å²) in [5.41, 5.74) is 2.47. The van der Waals surface area contributed by atoms with Crippen molar-refractivity contribution < 1.29 is 0 Å². The highest BCUT2D eigenvalue weighted by Gasteiger charge is 2.20. The highest BCUT2D eigenvalue weighted by atomic mass is 28.3. The molecule has 1 unspecified atom stereocenters. The molecule has 0 aliphatic rings. The van der Waals surface area contributed by atoms with Crippen LogP contribution in [0.25, 0.3) is 0 Å². The monoisotopic (exact) mass is 233 g/mol. The molecule has 2 atom stereocenters. The third-order valence-electron chi connectivity index (χ3n) is 3.43. The lowest BCUT2D eigenvalue weighted by Crippen LogP contribution is -2.21. The van der Waals surface area contributed by atoms with Gasteiger partial charge in [-0.25, -0.2) is 0 Å². The largest absolute Gasteiger partial charge is 0.0711 e. The van der Waals surface area contributed by atoms with Crippen LogP contribution < -0.4 is 0 Å². The zero-order valence-corrected chi connectivity index (χ0v) is 12.2. The number of hydrogen-bond donors (Lipinski definition) is 0. The Kier molecular flexibility index (Phi) is 5.82. The maximum absolute atomic E-state index is 2.46. The van der Waals surface area contributed by atoms with Crippen molar-refractivity contribution >= 4 is 8.80 Å². The minimum Gasteiger partial charge on any atom is -0.0711 e. The van der Waals surface area contributed by atoms with Crippen molar-refractivity contribution in [3.63, 3.8) is 0 Å². The fraction of sp³-hybridized carbons (Fsp3) is 0.600. The molecule has 1 aromatic rings. The molecule has 1 rings (SSSR count). The van der Waals surface area contributed by atoms with Gasteiger partial charge in [0.05, 0.1) is 0 Å². The Morgan fingerprint density at radius 2 is 1.75 bits per heavy atom. The van der Waals surface area contributed by atoms with Crippen LogP contribution in [0.3, 0.4) is 0 Å². The normalized spacial score (nSPS) is 15.1. The molecule has 0 amide bonds. The Morgan fingerprint density at radius 1 is 1.12 bits per heavy atom. The van der Waals surface area contributed by atoms with E-state index in [0.29, 0.717) is 0 Å². The molecule has 0 spiro atoms. The summed E-state index contributed by atoms with van der Waals surface area (Å²) < 4.78 is 0. The first-order valence-corrected chi connectivity index (χ1v) is 9.06. The van der Waals surface area contributed by atoms with Crippen LogP contribution in [0.4, 0.5) is 0 Å². The highest BCUT2D eigenvalue weighted by Crippen LogP contribution is 2.29. The van der Waals surface area contributed by atoms with Gasteiger partial charge in [-0.05, 0) is 23.4 Å². The lowest BCUT2D eigenvalue weighted by atomic mass is 9.95. The lowest BCUT2D eigenvalue weighted by molar-refractivity contribution is 0.495. The average Bonchev–Trinajstić information content (AvgIpc) is 2.26. The Morgan fingerprint density at radius 3 is 2.25 bits per heavy atom. The van der Waals surface area contributed by atoms with Crippen LogP contribution in [0, 0.1) is 5.92 Å². The second-order valence-electron chi connectivity index (χ2n) is 5.14. The third-order valence-corrected chi connectivity index (χ3v) is 5.77. The summed E-state index contributed by atoms with van der Waals surface area (Å²) in [7, 11) is -0.154. The van der Waals surface area contributed by atoms with Crippen molar-refractivity contribution in [2.75, 3.05) is 0 Å². The van der Waals surface area contributed by atoms with Gasteiger partial charge in [0.25, 0.3) is 0 Å². The second-order valence-corrected chi connectivity index (χ2v) is 8.04. The van der Waals surface area contributed by atoms with E-state index in [-0.39, 0.29) is 8.80 Å². The minimum atomic E-state index is -0.154. The Labute approximate surface area is 103 Å². The van der Waals surface area contributed by atoms with Crippen molar-refractivity contribution in [3.8, 4) is 0 Å². The smallest absolute Gasteiger partial charge is 0.0448 e. The van der Waals surface area contributed by atoms with Crippen LogP contribution in [0.1, 0.15) is 32.3 Å². The highest BCUT2D eigenvalue weighted by molar-refractivity contribution is 6.57. The molecular formula is C15H25Si. The molecule has 0 aliphatic heterocycles. The van der Waals surface area contributed by atoms with Gasteiger partial charge in [-0.2, -0.15) is 0 Å². The maximum atomic E-state index is 2.46. The molecule has 0 saturated heterocycles. The summed E-state index contributed by atoms with van der Waals surface area (Å²) in [4.78, 5) is 0. The van der Waals surface area contributed by atoms with Gasteiger partial charge in [-0.15, -0.1) is 0 Å². The molecule has 0 nitrogen and oxygen atoms in total. The molecule has 0 aromatic heterocycles. The SMILES string of the molecule is CCCC([C@@H](C)Cc1ccccc1)[Si](C)C. The van der Waals surface area contributed by atoms with Gasteiger partial charge in [0.15, 0.2) is 0 Å². The quantitative estimate of drug-likeness (QED) is 0.620. The molecule has 16 heavy (non-hydrogen) atoms. The van der Waals surface area contributed by atoms with Gasteiger partial charge < -0.3 is 0 Å². The van der Waals surface area contributed by atoms with Crippen LogP contribution in [-0.2, 0) is 6.42 Å². The molecule has 0 saturated carbocycles. The molecule has 0 N–H and O–H groups in total. The average molecular weight is 233 g/mol. The van der Waals surface area contributed by atoms with E-state index in [0.717, 1.165) is 11.5 Å². The van der Waals surface area contributed by atoms with E-state index in [4.69, 9.17) is 0 Å². The molecule has 1 heteroatoms. The second kappa shape index (κ2) is 6.90. The Hall–Kier alpha value is -0.563. The summed E-state index contributed by atoms with van der Waals surface area (Å²) in [6.07, 6.45) is 4.00. The van der Waals surface area contributed by atoms with Crippen LogP contribution >= 0.6 is 0 Å². The van der Waals surface area contributed by atoms with Crippen LogP contribution in [0.2, 0.25) is 18.6 Å². The summed E-state index contributed by atoms with van der Waals surface area (Å²) in [5.74, 6) is 0.839. The predicted octanol–water partition coefficient (Wildman–Crippen LogP) is 4.79. The van der Waals surface area contributed by atoms with E-state index in [1.807, 2.05) is 0 Å². The lowest BCUT2D eigenvalue weighted by Gasteiger charge is -2.26. The molecule has 0 fully saturated rings. The molecule has 0 heterocycles. The van der Waals surface area contributed by atoms with Gasteiger partial charge in [-0.1, -0.05) is 70.1 Å². The van der Waals surface area contributed by atoms with Crippen molar-refractivity contribution in [3.05, 3.63) is 35.9 Å². The van der Waals surface area contributed by atoms with Crippen LogP contribution in [-0.4, -0.2) is 8.80 Å². The third kappa shape index (κ3) is 4.13. The van der Waals surface area contributed by atoms with Crippen molar-refractivity contribution in [1.29, 1.82) is 0 Å². The summed E-state index contributed by atoms with van der Waals surface area (Å²) in [5, 5.41) is 0. The molecule has 0 bridgehead atoms. The van der Waals surface area contributed by atoms with E-state index in [2.05, 4.69) is 57.3 Å². The van der Waals surface area contributed by atoms with Crippen molar-refractivity contribution in [1.82, 2.24) is 0 Å². The van der Waals surface area contributed by atoms with Gasteiger partial charge in [0, 0.05) is 8.80 Å². The Bertz CT molecular complexity index is 279. The molecular weight excluding hydrogens is 208 g/mol. The zero-order valence-electron chi connectivity index (χ0n) is 11.2. The van der Waals surface area contributed by atoms with Gasteiger partial charge in [-0.3, -0.25) is 0 Å². The summed E-state index contributed by atoms with van der Waals surface area (Å²) in [6, 6.07) is 10.9. The summed E-state index contributed by atoms with van der Waals surface area (Å²) in [6.45, 7) is 9.68. The number of benzene rings is 1. The van der Waals surface area contributed by atoms with E-state index < -0.39 is 0 Å². The van der Waals surface area contributed by atoms with E-state index in [1.54, 1.807) is 0 Å². The van der Waals surface area contributed by atoms with E-state index in [1.165, 1.54) is 24.8 Å². The first-order valence-electron chi connectivity index (χ1n) is 6.49. The number of rotatable bonds is 6. The van der Waals surface area contributed by atoms with Crippen LogP contribution in [0.15, 0.2) is 30.3 Å². The van der Waals surface area contributed by atoms with Gasteiger partial charge in [0.1, 0.15) is 0 Å². The van der Waals surface area contributed by atoms with Crippen molar-refractivity contribution in [2.24, 2.45) is 5.92 Å². The standard InChI is InChI=1S/C15H25Si/c1-5-9-15(16(3)4)13(2)12-14-10-7-6-8-11-14/h6-8,10-11,13,15H,5,9,12H2,1-4H3/t13-,15?/m0/s1. The number of hydrogen-bond acceptors (Lipinski definition) is 0. The van der Waals surface area contributed by atoms with Crippen LogP contribution in [0.5, 0.6) is 0 Å². The fourth-order valence-corrected chi connectivity index (χ4v) is 4.70. The topological polar surface area (TPSA) is 0 Å².